The number of carbonyl (C=O) groups is 2. The minimum atomic E-state index is -0.724. The zero-order valence-electron chi connectivity index (χ0n) is 19.3. The normalized spacial score (nSPS) is 18.7. The van der Waals surface area contributed by atoms with E-state index in [2.05, 4.69) is 24.3 Å². The fourth-order valence-electron chi connectivity index (χ4n) is 4.13. The molecule has 1 aliphatic rings. The second-order valence-electron chi connectivity index (χ2n) is 8.07. The first-order valence-corrected chi connectivity index (χ1v) is 12.6. The Labute approximate surface area is 195 Å². The molecule has 1 aromatic carbocycles. The molecule has 2 atom stereocenters. The Morgan fingerprint density at radius 2 is 2.03 bits per heavy atom. The first-order valence-electron chi connectivity index (χ1n) is 11.5. The first-order chi connectivity index (χ1) is 15.6. The number of carbonyl (C=O) groups excluding carboxylic acids is 2. The van der Waals surface area contributed by atoms with Crippen LogP contribution in [0, 0.1) is 0 Å². The average Bonchev–Trinajstić information content (AvgIpc) is 3.21. The minimum Gasteiger partial charge on any atom is -0.351 e. The standard InChI is InChI=1S/C25H34N4O2S/c1-4-11-21(5-2)27-25(31)24-23-20(16-26-29(23)6-3)14-10-15-32-18-22(30)28(24)17-19-12-8-7-9-13-19/h7-10,12-13,15-16,21,24H,4-6,11,14,17-18H2,1-3H3,(H,27,31)/b15-10-. The largest absolute Gasteiger partial charge is 0.351 e. The van der Waals surface area contributed by atoms with Gasteiger partial charge < -0.3 is 10.2 Å². The van der Waals surface area contributed by atoms with Crippen molar-refractivity contribution in [3.8, 4) is 0 Å². The molecule has 0 radical (unpaired) electrons. The predicted molar refractivity (Wildman–Crippen MR) is 130 cm³/mol. The number of hydrogen-bond donors (Lipinski definition) is 1. The van der Waals surface area contributed by atoms with Crippen molar-refractivity contribution >= 4 is 23.6 Å². The van der Waals surface area contributed by atoms with Gasteiger partial charge in [-0.25, -0.2) is 0 Å². The first kappa shape index (κ1) is 24.1. The lowest BCUT2D eigenvalue weighted by Gasteiger charge is -2.33. The Hall–Kier alpha value is -2.54. The summed E-state index contributed by atoms with van der Waals surface area (Å²) in [5.41, 5.74) is 2.80. The molecule has 2 heterocycles. The summed E-state index contributed by atoms with van der Waals surface area (Å²) in [5.74, 6) is 0.124. The molecule has 1 aromatic heterocycles. The molecule has 0 fully saturated rings. The molecule has 2 unspecified atom stereocenters. The van der Waals surface area contributed by atoms with Gasteiger partial charge in [-0.2, -0.15) is 5.10 Å². The van der Waals surface area contributed by atoms with Crippen molar-refractivity contribution in [1.29, 1.82) is 0 Å². The summed E-state index contributed by atoms with van der Waals surface area (Å²) in [6.07, 6.45) is 7.34. The zero-order valence-corrected chi connectivity index (χ0v) is 20.1. The van der Waals surface area contributed by atoms with Crippen LogP contribution in [-0.4, -0.2) is 38.3 Å². The van der Waals surface area contributed by atoms with Gasteiger partial charge in [0.25, 0.3) is 0 Å². The summed E-state index contributed by atoms with van der Waals surface area (Å²) >= 11 is 1.47. The van der Waals surface area contributed by atoms with Gasteiger partial charge in [0, 0.05) is 19.1 Å². The molecule has 1 N–H and O–H groups in total. The van der Waals surface area contributed by atoms with Crippen LogP contribution in [0.5, 0.6) is 0 Å². The third kappa shape index (κ3) is 5.82. The maximum atomic E-state index is 13.8. The van der Waals surface area contributed by atoms with Gasteiger partial charge in [-0.05, 0) is 42.7 Å². The number of nitrogens with zero attached hydrogens (tertiary/aromatic N) is 3. The van der Waals surface area contributed by atoms with Crippen LogP contribution in [0.25, 0.3) is 0 Å². The van der Waals surface area contributed by atoms with E-state index in [1.807, 2.05) is 59.6 Å². The average molecular weight is 455 g/mol. The summed E-state index contributed by atoms with van der Waals surface area (Å²) in [4.78, 5) is 29.0. The Morgan fingerprint density at radius 3 is 2.72 bits per heavy atom. The molecule has 1 aliphatic heterocycles. The van der Waals surface area contributed by atoms with Crippen LogP contribution in [0.4, 0.5) is 0 Å². The maximum Gasteiger partial charge on any atom is 0.249 e. The third-order valence-electron chi connectivity index (χ3n) is 5.81. The molecular weight excluding hydrogens is 420 g/mol. The molecule has 2 aromatic rings. The second kappa shape index (κ2) is 11.9. The van der Waals surface area contributed by atoms with Gasteiger partial charge in [0.15, 0.2) is 6.04 Å². The van der Waals surface area contributed by atoms with E-state index in [4.69, 9.17) is 0 Å². The fourth-order valence-corrected chi connectivity index (χ4v) is 4.77. The molecule has 2 amide bonds. The minimum absolute atomic E-state index is 0.0519. The highest BCUT2D eigenvalue weighted by molar-refractivity contribution is 8.02. The van der Waals surface area contributed by atoms with Crippen LogP contribution in [0.2, 0.25) is 0 Å². The Balaban J connectivity index is 2.09. The lowest BCUT2D eigenvalue weighted by Crippen LogP contribution is -2.47. The van der Waals surface area contributed by atoms with Crippen LogP contribution < -0.4 is 5.32 Å². The number of thioether (sulfide) groups is 1. The van der Waals surface area contributed by atoms with Gasteiger partial charge in [0.1, 0.15) is 0 Å². The summed E-state index contributed by atoms with van der Waals surface area (Å²) < 4.78 is 1.87. The van der Waals surface area contributed by atoms with Gasteiger partial charge in [-0.15, -0.1) is 11.8 Å². The smallest absolute Gasteiger partial charge is 0.249 e. The van der Waals surface area contributed by atoms with Crippen LogP contribution in [0.1, 0.15) is 62.9 Å². The quantitative estimate of drug-likeness (QED) is 0.639. The monoisotopic (exact) mass is 454 g/mol. The number of amides is 2. The third-order valence-corrected chi connectivity index (χ3v) is 6.61. The number of aryl methyl sites for hydroxylation is 1. The van der Waals surface area contributed by atoms with E-state index in [1.54, 1.807) is 4.90 Å². The number of fused-ring (bicyclic) bond motifs is 1. The van der Waals surface area contributed by atoms with Crippen molar-refractivity contribution in [3.05, 3.63) is 64.8 Å². The van der Waals surface area contributed by atoms with Crippen LogP contribution in [0.15, 0.2) is 48.0 Å². The van der Waals surface area contributed by atoms with E-state index >= 15 is 0 Å². The van der Waals surface area contributed by atoms with E-state index < -0.39 is 6.04 Å². The summed E-state index contributed by atoms with van der Waals surface area (Å²) in [6.45, 7) is 7.24. The molecule has 7 heteroatoms. The van der Waals surface area contributed by atoms with Gasteiger partial charge in [-0.3, -0.25) is 14.3 Å². The number of benzene rings is 1. The molecule has 0 spiro atoms. The molecule has 3 rings (SSSR count). The Bertz CT molecular complexity index is 925. The fraction of sp³-hybridized carbons (Fsp3) is 0.480. The Kier molecular flexibility index (Phi) is 8.97. The van der Waals surface area contributed by atoms with Gasteiger partial charge in [0.2, 0.25) is 11.8 Å². The summed E-state index contributed by atoms with van der Waals surface area (Å²) in [7, 11) is 0. The zero-order chi connectivity index (χ0) is 22.9. The van der Waals surface area contributed by atoms with Gasteiger partial charge in [0.05, 0.1) is 17.6 Å². The highest BCUT2D eigenvalue weighted by atomic mass is 32.2. The van der Waals surface area contributed by atoms with Crippen LogP contribution in [-0.2, 0) is 29.1 Å². The lowest BCUT2D eigenvalue weighted by molar-refractivity contribution is -0.140. The van der Waals surface area contributed by atoms with Gasteiger partial charge in [-0.1, -0.05) is 56.7 Å². The summed E-state index contributed by atoms with van der Waals surface area (Å²) in [6, 6.07) is 9.24. The van der Waals surface area contributed by atoms with Crippen LogP contribution in [0.3, 0.4) is 0 Å². The van der Waals surface area contributed by atoms with E-state index in [1.165, 1.54) is 11.8 Å². The van der Waals surface area contributed by atoms with Crippen molar-refractivity contribution in [3.63, 3.8) is 0 Å². The highest BCUT2D eigenvalue weighted by Crippen LogP contribution is 2.30. The van der Waals surface area contributed by atoms with Crippen molar-refractivity contribution < 1.29 is 9.59 Å². The Morgan fingerprint density at radius 1 is 1.25 bits per heavy atom. The van der Waals surface area contributed by atoms with Crippen molar-refractivity contribution in [1.82, 2.24) is 20.0 Å². The number of aromatic nitrogens is 2. The van der Waals surface area contributed by atoms with Crippen molar-refractivity contribution in [2.45, 2.75) is 71.6 Å². The highest BCUT2D eigenvalue weighted by Gasteiger charge is 2.36. The number of allylic oxidation sites excluding steroid dienone is 1. The molecule has 32 heavy (non-hydrogen) atoms. The number of nitrogens with one attached hydrogen (secondary N) is 1. The molecule has 6 nitrogen and oxygen atoms in total. The molecule has 0 saturated heterocycles. The van der Waals surface area contributed by atoms with E-state index in [9.17, 15) is 9.59 Å². The maximum absolute atomic E-state index is 13.8. The second-order valence-corrected chi connectivity index (χ2v) is 8.96. The van der Waals surface area contributed by atoms with E-state index in [-0.39, 0.29) is 17.9 Å². The van der Waals surface area contributed by atoms with E-state index in [0.29, 0.717) is 25.3 Å². The van der Waals surface area contributed by atoms with Gasteiger partial charge >= 0.3 is 0 Å². The topological polar surface area (TPSA) is 67.2 Å². The SMILES string of the molecule is CCCC(CC)NC(=O)C1c2c(cnn2CC)C/C=C\SCC(=O)N1Cc1ccccc1. The number of hydrogen-bond acceptors (Lipinski definition) is 4. The van der Waals surface area contributed by atoms with E-state index in [0.717, 1.165) is 36.1 Å². The predicted octanol–water partition coefficient (Wildman–Crippen LogP) is 4.47. The van der Waals surface area contributed by atoms with Crippen molar-refractivity contribution in [2.75, 3.05) is 5.75 Å². The molecule has 0 aliphatic carbocycles. The molecular formula is C25H34N4O2S. The lowest BCUT2D eigenvalue weighted by atomic mass is 10.0. The molecule has 0 bridgehead atoms. The molecule has 0 saturated carbocycles. The summed E-state index contributed by atoms with van der Waals surface area (Å²) in [5, 5.41) is 9.77. The molecule has 172 valence electrons. The van der Waals surface area contributed by atoms with Crippen molar-refractivity contribution in [2.24, 2.45) is 0 Å². The number of rotatable bonds is 8. The van der Waals surface area contributed by atoms with Crippen LogP contribution >= 0.6 is 11.8 Å².